The first-order valence-corrected chi connectivity index (χ1v) is 6.13. The van der Waals surface area contributed by atoms with Crippen molar-refractivity contribution in [1.82, 2.24) is 10.2 Å². The van der Waals surface area contributed by atoms with Crippen molar-refractivity contribution in [3.05, 3.63) is 34.1 Å². The zero-order chi connectivity index (χ0) is 12.1. The summed E-state index contributed by atoms with van der Waals surface area (Å²) in [7, 11) is 4.08. The maximum Gasteiger partial charge on any atom is 0.124 e. The third-order valence-electron chi connectivity index (χ3n) is 2.44. The quantitative estimate of drug-likeness (QED) is 0.896. The van der Waals surface area contributed by atoms with E-state index in [1.165, 1.54) is 12.1 Å². The Morgan fingerprint density at radius 1 is 1.44 bits per heavy atom. The first kappa shape index (κ1) is 13.6. The molecule has 1 N–H and O–H groups in total. The molecule has 0 aliphatic rings. The molecule has 1 aromatic carbocycles. The molecule has 0 fully saturated rings. The number of hydrogen-bond acceptors (Lipinski definition) is 2. The van der Waals surface area contributed by atoms with Gasteiger partial charge in [-0.2, -0.15) is 0 Å². The standard InChI is InChI=1S/C12H18BrFN2/c1-9(15-6-7-16(2)3)11-5-4-10(14)8-12(11)13/h4-5,8-9,15H,6-7H2,1-3H3. The van der Waals surface area contributed by atoms with Gasteiger partial charge in [-0.15, -0.1) is 0 Å². The minimum absolute atomic E-state index is 0.212. The lowest BCUT2D eigenvalue weighted by molar-refractivity contribution is 0.389. The van der Waals surface area contributed by atoms with Gasteiger partial charge in [0.05, 0.1) is 0 Å². The molecule has 1 unspecified atom stereocenters. The highest BCUT2D eigenvalue weighted by Gasteiger charge is 2.09. The Labute approximate surface area is 105 Å². The molecular formula is C12H18BrFN2. The predicted octanol–water partition coefficient (Wildman–Crippen LogP) is 2.80. The van der Waals surface area contributed by atoms with Gasteiger partial charge in [-0.25, -0.2) is 4.39 Å². The van der Waals surface area contributed by atoms with E-state index < -0.39 is 0 Å². The molecule has 1 aromatic rings. The van der Waals surface area contributed by atoms with Gasteiger partial charge in [0.15, 0.2) is 0 Å². The first-order chi connectivity index (χ1) is 7.50. The SMILES string of the molecule is CC(NCCN(C)C)c1ccc(F)cc1Br. The van der Waals surface area contributed by atoms with Gasteiger partial charge in [0.2, 0.25) is 0 Å². The summed E-state index contributed by atoms with van der Waals surface area (Å²) in [4.78, 5) is 2.12. The topological polar surface area (TPSA) is 15.3 Å². The summed E-state index contributed by atoms with van der Waals surface area (Å²) in [6.07, 6.45) is 0. The summed E-state index contributed by atoms with van der Waals surface area (Å²) in [5.74, 6) is -0.212. The molecule has 0 heterocycles. The highest BCUT2D eigenvalue weighted by atomic mass is 79.9. The van der Waals surface area contributed by atoms with E-state index in [-0.39, 0.29) is 11.9 Å². The predicted molar refractivity (Wildman–Crippen MR) is 69.1 cm³/mol. The van der Waals surface area contributed by atoms with E-state index in [0.29, 0.717) is 0 Å². The molecule has 0 spiro atoms. The Morgan fingerprint density at radius 2 is 2.12 bits per heavy atom. The summed E-state index contributed by atoms with van der Waals surface area (Å²) >= 11 is 3.38. The molecule has 0 aromatic heterocycles. The van der Waals surface area contributed by atoms with Gasteiger partial charge in [0, 0.05) is 23.6 Å². The van der Waals surface area contributed by atoms with Crippen molar-refractivity contribution < 1.29 is 4.39 Å². The van der Waals surface area contributed by atoms with Crippen LogP contribution in [0.2, 0.25) is 0 Å². The summed E-state index contributed by atoms with van der Waals surface area (Å²) < 4.78 is 13.7. The number of halogens is 2. The second-order valence-electron chi connectivity index (χ2n) is 4.14. The zero-order valence-corrected chi connectivity index (χ0v) is 11.5. The van der Waals surface area contributed by atoms with Crippen LogP contribution in [0, 0.1) is 5.82 Å². The maximum absolute atomic E-state index is 12.9. The number of rotatable bonds is 5. The number of nitrogens with zero attached hydrogens (tertiary/aromatic N) is 1. The van der Waals surface area contributed by atoms with Crippen LogP contribution in [0.5, 0.6) is 0 Å². The van der Waals surface area contributed by atoms with Crippen molar-refractivity contribution in [1.29, 1.82) is 0 Å². The van der Waals surface area contributed by atoms with Crippen LogP contribution in [0.15, 0.2) is 22.7 Å². The minimum Gasteiger partial charge on any atom is -0.309 e. The smallest absolute Gasteiger partial charge is 0.124 e. The van der Waals surface area contributed by atoms with Crippen LogP contribution in [-0.2, 0) is 0 Å². The van der Waals surface area contributed by atoms with Gasteiger partial charge >= 0.3 is 0 Å². The van der Waals surface area contributed by atoms with Gasteiger partial charge in [-0.1, -0.05) is 22.0 Å². The third-order valence-corrected chi connectivity index (χ3v) is 3.13. The maximum atomic E-state index is 12.9. The molecule has 0 radical (unpaired) electrons. The van der Waals surface area contributed by atoms with Crippen LogP contribution in [0.3, 0.4) is 0 Å². The molecule has 0 saturated carbocycles. The first-order valence-electron chi connectivity index (χ1n) is 5.33. The van der Waals surface area contributed by atoms with Gasteiger partial charge in [-0.3, -0.25) is 0 Å². The lowest BCUT2D eigenvalue weighted by Crippen LogP contribution is -2.28. The van der Waals surface area contributed by atoms with Crippen LogP contribution in [0.25, 0.3) is 0 Å². The molecule has 2 nitrogen and oxygen atoms in total. The van der Waals surface area contributed by atoms with Crippen LogP contribution in [0.4, 0.5) is 4.39 Å². The van der Waals surface area contributed by atoms with Crippen LogP contribution < -0.4 is 5.32 Å². The fourth-order valence-corrected chi connectivity index (χ4v) is 2.16. The van der Waals surface area contributed by atoms with Crippen LogP contribution >= 0.6 is 15.9 Å². The van der Waals surface area contributed by atoms with Crippen molar-refractivity contribution in [2.45, 2.75) is 13.0 Å². The molecule has 16 heavy (non-hydrogen) atoms. The zero-order valence-electron chi connectivity index (χ0n) is 9.93. The Hall–Kier alpha value is -0.450. The molecule has 0 aliphatic carbocycles. The second kappa shape index (κ2) is 6.33. The number of hydrogen-bond donors (Lipinski definition) is 1. The molecule has 0 bridgehead atoms. The van der Waals surface area contributed by atoms with Gasteiger partial charge in [-0.05, 0) is 38.7 Å². The Kier molecular flexibility index (Phi) is 5.38. The lowest BCUT2D eigenvalue weighted by Gasteiger charge is -2.17. The highest BCUT2D eigenvalue weighted by Crippen LogP contribution is 2.23. The molecule has 90 valence electrons. The van der Waals surface area contributed by atoms with E-state index in [0.717, 1.165) is 23.1 Å². The molecule has 1 atom stereocenters. The monoisotopic (exact) mass is 288 g/mol. The van der Waals surface area contributed by atoms with E-state index in [4.69, 9.17) is 0 Å². The molecule has 0 aliphatic heterocycles. The van der Waals surface area contributed by atoms with E-state index in [9.17, 15) is 4.39 Å². The molecule has 4 heteroatoms. The summed E-state index contributed by atoms with van der Waals surface area (Å²) in [6.45, 7) is 3.98. The van der Waals surface area contributed by atoms with Crippen molar-refractivity contribution in [2.75, 3.05) is 27.2 Å². The van der Waals surface area contributed by atoms with Crippen molar-refractivity contribution in [3.63, 3.8) is 0 Å². The molecule has 0 amide bonds. The number of nitrogens with one attached hydrogen (secondary N) is 1. The number of benzene rings is 1. The van der Waals surface area contributed by atoms with Gasteiger partial charge in [0.1, 0.15) is 5.82 Å². The Balaban J connectivity index is 2.55. The number of likely N-dealkylation sites (N-methyl/N-ethyl adjacent to an activating group) is 1. The van der Waals surface area contributed by atoms with E-state index >= 15 is 0 Å². The van der Waals surface area contributed by atoms with E-state index in [1.807, 2.05) is 20.2 Å². The minimum atomic E-state index is -0.212. The third kappa shape index (κ3) is 4.20. The summed E-state index contributed by atoms with van der Waals surface area (Å²) in [6, 6.07) is 5.02. The van der Waals surface area contributed by atoms with Crippen molar-refractivity contribution in [2.24, 2.45) is 0 Å². The average Bonchev–Trinajstić information content (AvgIpc) is 2.16. The normalized spacial score (nSPS) is 13.1. The molecule has 0 saturated heterocycles. The van der Waals surface area contributed by atoms with Gasteiger partial charge in [0.25, 0.3) is 0 Å². The molecular weight excluding hydrogens is 271 g/mol. The van der Waals surface area contributed by atoms with Crippen LogP contribution in [-0.4, -0.2) is 32.1 Å². The second-order valence-corrected chi connectivity index (χ2v) is 5.00. The largest absolute Gasteiger partial charge is 0.309 e. The summed E-state index contributed by atoms with van der Waals surface area (Å²) in [5, 5.41) is 3.40. The van der Waals surface area contributed by atoms with E-state index in [1.54, 1.807) is 0 Å². The van der Waals surface area contributed by atoms with Crippen LogP contribution in [0.1, 0.15) is 18.5 Å². The lowest BCUT2D eigenvalue weighted by atomic mass is 10.1. The fraction of sp³-hybridized carbons (Fsp3) is 0.500. The van der Waals surface area contributed by atoms with Gasteiger partial charge < -0.3 is 10.2 Å². The Bertz CT molecular complexity index is 342. The Morgan fingerprint density at radius 3 is 2.69 bits per heavy atom. The fourth-order valence-electron chi connectivity index (χ4n) is 1.47. The highest BCUT2D eigenvalue weighted by molar-refractivity contribution is 9.10. The molecule has 1 rings (SSSR count). The van der Waals surface area contributed by atoms with E-state index in [2.05, 4.69) is 33.1 Å². The van der Waals surface area contributed by atoms with Crippen molar-refractivity contribution >= 4 is 15.9 Å². The average molecular weight is 289 g/mol. The summed E-state index contributed by atoms with van der Waals surface area (Å²) in [5.41, 5.74) is 1.08. The van der Waals surface area contributed by atoms with Crippen molar-refractivity contribution in [3.8, 4) is 0 Å².